The van der Waals surface area contributed by atoms with Crippen LogP contribution in [0.2, 0.25) is 0 Å². The van der Waals surface area contributed by atoms with E-state index in [4.69, 9.17) is 4.74 Å². The van der Waals surface area contributed by atoms with Crippen molar-refractivity contribution in [1.29, 1.82) is 0 Å². The van der Waals surface area contributed by atoms with Crippen molar-refractivity contribution in [3.8, 4) is 0 Å². The maximum atomic E-state index is 5.60. The molecule has 1 aromatic carbocycles. The summed E-state index contributed by atoms with van der Waals surface area (Å²) < 4.78 is 6.70. The zero-order chi connectivity index (χ0) is 9.97. The van der Waals surface area contributed by atoms with Crippen LogP contribution >= 0.6 is 15.9 Å². The van der Waals surface area contributed by atoms with Crippen molar-refractivity contribution < 1.29 is 4.74 Å². The summed E-state index contributed by atoms with van der Waals surface area (Å²) in [5, 5.41) is 0. The Morgan fingerprint density at radius 2 is 2.21 bits per heavy atom. The first-order valence-electron chi connectivity index (χ1n) is 4.84. The molecule has 2 heteroatoms. The van der Waals surface area contributed by atoms with Crippen LogP contribution in [0.25, 0.3) is 5.57 Å². The minimum atomic E-state index is 0.216. The fourth-order valence-electron chi connectivity index (χ4n) is 1.75. The lowest BCUT2D eigenvalue weighted by atomic mass is 10.0. The highest BCUT2D eigenvalue weighted by Gasteiger charge is 2.20. The van der Waals surface area contributed by atoms with Gasteiger partial charge in [0.1, 0.15) is 0 Å². The Labute approximate surface area is 92.9 Å². The van der Waals surface area contributed by atoms with Gasteiger partial charge in [-0.1, -0.05) is 40.7 Å². The highest BCUT2D eigenvalue weighted by atomic mass is 79.9. The molecule has 74 valence electrons. The average Bonchev–Trinajstić information content (AvgIpc) is 2.70. The van der Waals surface area contributed by atoms with Gasteiger partial charge in [-0.3, -0.25) is 0 Å². The van der Waals surface area contributed by atoms with Crippen LogP contribution in [-0.2, 0) is 4.74 Å². The van der Waals surface area contributed by atoms with E-state index in [1.165, 1.54) is 5.56 Å². The molecule has 0 amide bonds. The lowest BCUT2D eigenvalue weighted by Gasteiger charge is -2.14. The lowest BCUT2D eigenvalue weighted by Crippen LogP contribution is -2.07. The van der Waals surface area contributed by atoms with Crippen LogP contribution in [0.1, 0.15) is 18.4 Å². The Hall–Kier alpha value is -0.600. The van der Waals surface area contributed by atoms with Gasteiger partial charge in [0.2, 0.25) is 0 Å². The van der Waals surface area contributed by atoms with Crippen molar-refractivity contribution in [2.45, 2.75) is 18.9 Å². The maximum Gasteiger partial charge on any atom is 0.0826 e. The van der Waals surface area contributed by atoms with E-state index >= 15 is 0 Å². The van der Waals surface area contributed by atoms with E-state index in [-0.39, 0.29) is 6.10 Å². The summed E-state index contributed by atoms with van der Waals surface area (Å²) in [5.74, 6) is 0. The Bertz CT molecular complexity index is 340. The smallest absolute Gasteiger partial charge is 0.0826 e. The van der Waals surface area contributed by atoms with Crippen molar-refractivity contribution >= 4 is 21.5 Å². The van der Waals surface area contributed by atoms with Gasteiger partial charge in [-0.15, -0.1) is 0 Å². The Kier molecular flexibility index (Phi) is 3.04. The number of halogens is 1. The molecule has 0 bridgehead atoms. The predicted molar refractivity (Wildman–Crippen MR) is 62.2 cm³/mol. The standard InChI is InChI=1S/C12H13BrO/c1-9(12-7-4-8-14-12)10-5-2-3-6-11(10)13/h2-3,5-6,12H,1,4,7-8H2. The molecule has 0 aromatic heterocycles. The lowest BCUT2D eigenvalue weighted by molar-refractivity contribution is 0.152. The molecule has 0 aliphatic carbocycles. The van der Waals surface area contributed by atoms with Gasteiger partial charge in [-0.05, 0) is 30.0 Å². The van der Waals surface area contributed by atoms with Gasteiger partial charge in [0, 0.05) is 11.1 Å². The SMILES string of the molecule is C=C(c1ccccc1Br)C1CCCO1. The van der Waals surface area contributed by atoms with Crippen LogP contribution in [0.15, 0.2) is 35.3 Å². The molecule has 1 aliphatic rings. The molecule has 14 heavy (non-hydrogen) atoms. The molecular weight excluding hydrogens is 240 g/mol. The molecule has 0 N–H and O–H groups in total. The quantitative estimate of drug-likeness (QED) is 0.781. The Morgan fingerprint density at radius 3 is 2.86 bits per heavy atom. The van der Waals surface area contributed by atoms with E-state index in [9.17, 15) is 0 Å². The second-order valence-corrected chi connectivity index (χ2v) is 4.36. The van der Waals surface area contributed by atoms with Gasteiger partial charge in [-0.2, -0.15) is 0 Å². The number of benzene rings is 1. The molecule has 0 saturated carbocycles. The van der Waals surface area contributed by atoms with E-state index in [2.05, 4.69) is 28.6 Å². The van der Waals surface area contributed by atoms with Gasteiger partial charge in [-0.25, -0.2) is 0 Å². The van der Waals surface area contributed by atoms with Crippen molar-refractivity contribution in [2.75, 3.05) is 6.61 Å². The molecule has 1 fully saturated rings. The fraction of sp³-hybridized carbons (Fsp3) is 0.333. The molecule has 1 aliphatic heterocycles. The maximum absolute atomic E-state index is 5.60. The number of ether oxygens (including phenoxy) is 1. The summed E-state index contributed by atoms with van der Waals surface area (Å²) in [5.41, 5.74) is 2.26. The van der Waals surface area contributed by atoms with E-state index in [0.717, 1.165) is 29.5 Å². The van der Waals surface area contributed by atoms with Crippen molar-refractivity contribution in [3.05, 3.63) is 40.9 Å². The molecule has 0 spiro atoms. The number of hydrogen-bond acceptors (Lipinski definition) is 1. The van der Waals surface area contributed by atoms with E-state index in [1.807, 2.05) is 18.2 Å². The molecule has 0 radical (unpaired) electrons. The topological polar surface area (TPSA) is 9.23 Å². The van der Waals surface area contributed by atoms with Crippen molar-refractivity contribution in [3.63, 3.8) is 0 Å². The third-order valence-corrected chi connectivity index (χ3v) is 3.23. The molecule has 2 rings (SSSR count). The monoisotopic (exact) mass is 252 g/mol. The molecule has 1 saturated heterocycles. The predicted octanol–water partition coefficient (Wildman–Crippen LogP) is 3.64. The van der Waals surface area contributed by atoms with Gasteiger partial charge in [0.25, 0.3) is 0 Å². The van der Waals surface area contributed by atoms with Crippen LogP contribution in [0.5, 0.6) is 0 Å². The number of rotatable bonds is 2. The summed E-state index contributed by atoms with van der Waals surface area (Å²) in [6, 6.07) is 8.15. The minimum Gasteiger partial charge on any atom is -0.374 e. The van der Waals surface area contributed by atoms with E-state index < -0.39 is 0 Å². The highest BCUT2D eigenvalue weighted by molar-refractivity contribution is 9.10. The van der Waals surface area contributed by atoms with Gasteiger partial charge in [0.05, 0.1) is 6.10 Å². The summed E-state index contributed by atoms with van der Waals surface area (Å²) >= 11 is 3.53. The first-order valence-corrected chi connectivity index (χ1v) is 5.63. The summed E-state index contributed by atoms with van der Waals surface area (Å²) in [4.78, 5) is 0. The zero-order valence-corrected chi connectivity index (χ0v) is 9.59. The third-order valence-electron chi connectivity index (χ3n) is 2.54. The summed E-state index contributed by atoms with van der Waals surface area (Å²) in [7, 11) is 0. The first kappa shape index (κ1) is 9.94. The van der Waals surface area contributed by atoms with Crippen LogP contribution < -0.4 is 0 Å². The van der Waals surface area contributed by atoms with Gasteiger partial charge >= 0.3 is 0 Å². The number of hydrogen-bond donors (Lipinski definition) is 0. The summed E-state index contributed by atoms with van der Waals surface area (Å²) in [6.45, 7) is 4.98. The first-order chi connectivity index (χ1) is 6.79. The third kappa shape index (κ3) is 1.91. The summed E-state index contributed by atoms with van der Waals surface area (Å²) in [6.07, 6.45) is 2.46. The zero-order valence-electron chi connectivity index (χ0n) is 8.00. The van der Waals surface area contributed by atoms with Crippen LogP contribution in [0, 0.1) is 0 Å². The highest BCUT2D eigenvalue weighted by Crippen LogP contribution is 2.30. The van der Waals surface area contributed by atoms with Crippen molar-refractivity contribution in [2.24, 2.45) is 0 Å². The van der Waals surface area contributed by atoms with Crippen LogP contribution in [0.3, 0.4) is 0 Å². The second-order valence-electron chi connectivity index (χ2n) is 3.51. The van der Waals surface area contributed by atoms with Gasteiger partial charge in [0.15, 0.2) is 0 Å². The Balaban J connectivity index is 2.22. The molecule has 1 aromatic rings. The van der Waals surface area contributed by atoms with E-state index in [0.29, 0.717) is 0 Å². The van der Waals surface area contributed by atoms with Crippen LogP contribution in [-0.4, -0.2) is 12.7 Å². The Morgan fingerprint density at radius 1 is 1.43 bits per heavy atom. The van der Waals surface area contributed by atoms with E-state index in [1.54, 1.807) is 0 Å². The minimum absolute atomic E-state index is 0.216. The molecule has 1 nitrogen and oxygen atoms in total. The molecule has 1 atom stereocenters. The fourth-order valence-corrected chi connectivity index (χ4v) is 2.29. The van der Waals surface area contributed by atoms with Crippen molar-refractivity contribution in [1.82, 2.24) is 0 Å². The van der Waals surface area contributed by atoms with Gasteiger partial charge < -0.3 is 4.74 Å². The normalized spacial score (nSPS) is 21.1. The molecular formula is C12H13BrO. The second kappa shape index (κ2) is 4.28. The average molecular weight is 253 g/mol. The van der Waals surface area contributed by atoms with Crippen LogP contribution in [0.4, 0.5) is 0 Å². The molecule has 1 heterocycles. The largest absolute Gasteiger partial charge is 0.374 e. The molecule has 1 unspecified atom stereocenters.